The van der Waals surface area contributed by atoms with Gasteiger partial charge in [0.2, 0.25) is 0 Å². The SMILES string of the molecule is Cc1ccc(N=C2NC(=O)/C(=C\c3cc(Cl)c(O)c(I)c3)S2)cc1. The molecule has 1 amide bonds. The van der Waals surface area contributed by atoms with E-state index in [4.69, 9.17) is 11.6 Å². The molecule has 1 fully saturated rings. The zero-order valence-electron chi connectivity index (χ0n) is 12.5. The maximum atomic E-state index is 12.1. The van der Waals surface area contributed by atoms with E-state index in [2.05, 4.69) is 10.3 Å². The van der Waals surface area contributed by atoms with Gasteiger partial charge in [0.25, 0.3) is 5.91 Å². The second kappa shape index (κ2) is 7.16. The fraction of sp³-hybridized carbons (Fsp3) is 0.0588. The van der Waals surface area contributed by atoms with Crippen LogP contribution < -0.4 is 5.32 Å². The Kier molecular flexibility index (Phi) is 5.17. The van der Waals surface area contributed by atoms with Crippen LogP contribution in [0.5, 0.6) is 5.75 Å². The Morgan fingerprint density at radius 3 is 2.67 bits per heavy atom. The normalized spacial score (nSPS) is 17.5. The smallest absolute Gasteiger partial charge is 0.264 e. The van der Waals surface area contributed by atoms with Crippen molar-refractivity contribution in [3.05, 3.63) is 61.0 Å². The molecule has 0 spiro atoms. The van der Waals surface area contributed by atoms with E-state index in [1.54, 1.807) is 18.2 Å². The third-order valence-corrected chi connectivity index (χ3v) is 5.27. The molecule has 0 saturated carbocycles. The molecule has 3 rings (SSSR count). The van der Waals surface area contributed by atoms with Gasteiger partial charge in [0, 0.05) is 0 Å². The topological polar surface area (TPSA) is 61.7 Å². The largest absolute Gasteiger partial charge is 0.505 e. The summed E-state index contributed by atoms with van der Waals surface area (Å²) in [4.78, 5) is 17.1. The number of amidine groups is 1. The van der Waals surface area contributed by atoms with Crippen LogP contribution in [0.25, 0.3) is 6.08 Å². The summed E-state index contributed by atoms with van der Waals surface area (Å²) in [6, 6.07) is 11.1. The molecular weight excluding hydrogens is 459 g/mol. The van der Waals surface area contributed by atoms with E-state index < -0.39 is 0 Å². The van der Waals surface area contributed by atoms with Gasteiger partial charge < -0.3 is 10.4 Å². The van der Waals surface area contributed by atoms with Gasteiger partial charge in [-0.05, 0) is 77.2 Å². The highest BCUT2D eigenvalue weighted by Crippen LogP contribution is 2.33. The van der Waals surface area contributed by atoms with E-state index in [-0.39, 0.29) is 16.7 Å². The number of hydrogen-bond acceptors (Lipinski definition) is 4. The number of hydrogen-bond donors (Lipinski definition) is 2. The van der Waals surface area contributed by atoms with Gasteiger partial charge in [-0.2, -0.15) is 0 Å². The molecule has 0 bridgehead atoms. The Morgan fingerprint density at radius 2 is 2.00 bits per heavy atom. The van der Waals surface area contributed by atoms with Crippen LogP contribution in [0.15, 0.2) is 46.3 Å². The van der Waals surface area contributed by atoms with E-state index in [1.165, 1.54) is 11.8 Å². The number of amides is 1. The van der Waals surface area contributed by atoms with Crippen molar-refractivity contribution in [2.75, 3.05) is 0 Å². The molecule has 0 atom stereocenters. The lowest BCUT2D eigenvalue weighted by molar-refractivity contribution is -0.115. The molecule has 0 aliphatic carbocycles. The molecule has 4 nitrogen and oxygen atoms in total. The summed E-state index contributed by atoms with van der Waals surface area (Å²) >= 11 is 9.24. The maximum Gasteiger partial charge on any atom is 0.264 e. The maximum absolute atomic E-state index is 12.1. The van der Waals surface area contributed by atoms with E-state index in [0.717, 1.165) is 16.8 Å². The van der Waals surface area contributed by atoms with E-state index in [9.17, 15) is 9.90 Å². The zero-order valence-corrected chi connectivity index (χ0v) is 16.2. The average Bonchev–Trinajstić information content (AvgIpc) is 2.87. The number of thioether (sulfide) groups is 1. The summed E-state index contributed by atoms with van der Waals surface area (Å²) < 4.78 is 0.629. The summed E-state index contributed by atoms with van der Waals surface area (Å²) in [7, 11) is 0. The van der Waals surface area contributed by atoms with Crippen LogP contribution in [0.1, 0.15) is 11.1 Å². The van der Waals surface area contributed by atoms with E-state index >= 15 is 0 Å². The first-order chi connectivity index (χ1) is 11.4. The Bertz CT molecular complexity index is 856. The van der Waals surface area contributed by atoms with Gasteiger partial charge in [0.15, 0.2) is 5.17 Å². The second-order valence-corrected chi connectivity index (χ2v) is 7.75. The van der Waals surface area contributed by atoms with Crippen LogP contribution in [0, 0.1) is 10.5 Å². The number of carbonyl (C=O) groups excluding carboxylic acids is 1. The lowest BCUT2D eigenvalue weighted by Crippen LogP contribution is -2.19. The number of aromatic hydroxyl groups is 1. The zero-order chi connectivity index (χ0) is 17.3. The Morgan fingerprint density at radius 1 is 1.29 bits per heavy atom. The number of aliphatic imine (C=N–C) groups is 1. The average molecular weight is 471 g/mol. The van der Waals surface area contributed by atoms with Crippen LogP contribution in [-0.4, -0.2) is 16.2 Å². The van der Waals surface area contributed by atoms with E-state index in [1.807, 2.05) is 53.8 Å². The minimum Gasteiger partial charge on any atom is -0.505 e. The summed E-state index contributed by atoms with van der Waals surface area (Å²) in [6.07, 6.45) is 1.73. The molecule has 0 radical (unpaired) electrons. The van der Waals surface area contributed by atoms with Crippen LogP contribution in [0.4, 0.5) is 5.69 Å². The minimum absolute atomic E-state index is 0.0459. The van der Waals surface area contributed by atoms with Crippen molar-refractivity contribution in [3.63, 3.8) is 0 Å². The molecule has 1 aliphatic heterocycles. The molecule has 7 heteroatoms. The van der Waals surface area contributed by atoms with Crippen LogP contribution in [0.3, 0.4) is 0 Å². The fourth-order valence-corrected chi connectivity index (χ4v) is 3.92. The van der Waals surface area contributed by atoms with Crippen molar-refractivity contribution in [3.8, 4) is 5.75 Å². The molecule has 1 heterocycles. The number of phenols is 1. The highest BCUT2D eigenvalue weighted by Gasteiger charge is 2.24. The highest BCUT2D eigenvalue weighted by atomic mass is 127. The predicted octanol–water partition coefficient (Wildman–Crippen LogP) is 4.85. The molecule has 24 heavy (non-hydrogen) atoms. The third kappa shape index (κ3) is 3.93. The van der Waals surface area contributed by atoms with Gasteiger partial charge in [-0.1, -0.05) is 29.3 Å². The summed E-state index contributed by atoms with van der Waals surface area (Å²) in [5.41, 5.74) is 2.68. The highest BCUT2D eigenvalue weighted by molar-refractivity contribution is 14.1. The monoisotopic (exact) mass is 470 g/mol. The Balaban J connectivity index is 1.86. The number of halogens is 2. The first kappa shape index (κ1) is 17.3. The quantitative estimate of drug-likeness (QED) is 0.487. The number of benzene rings is 2. The van der Waals surface area contributed by atoms with Gasteiger partial charge in [0.05, 0.1) is 19.2 Å². The number of phenolic OH excluding ortho intramolecular Hbond substituents is 1. The summed E-state index contributed by atoms with van der Waals surface area (Å²) in [6.45, 7) is 2.01. The first-order valence-electron chi connectivity index (χ1n) is 6.96. The fourth-order valence-electron chi connectivity index (χ4n) is 2.04. The number of carbonyl (C=O) groups is 1. The number of aryl methyl sites for hydroxylation is 1. The molecule has 0 unspecified atom stereocenters. The first-order valence-corrected chi connectivity index (χ1v) is 9.24. The number of rotatable bonds is 2. The summed E-state index contributed by atoms with van der Waals surface area (Å²) in [5, 5.41) is 13.2. The Hall–Kier alpha value is -1.51. The lowest BCUT2D eigenvalue weighted by Gasteiger charge is -2.02. The molecule has 1 aliphatic rings. The third-order valence-electron chi connectivity index (χ3n) is 3.25. The van der Waals surface area contributed by atoms with Gasteiger partial charge in [0.1, 0.15) is 5.75 Å². The minimum atomic E-state index is -0.204. The molecular formula is C17H12ClIN2O2S. The van der Waals surface area contributed by atoms with Crippen molar-refractivity contribution < 1.29 is 9.90 Å². The van der Waals surface area contributed by atoms with Gasteiger partial charge in [-0.3, -0.25) is 4.79 Å². The van der Waals surface area contributed by atoms with Gasteiger partial charge in [-0.15, -0.1) is 0 Å². The molecule has 0 aromatic heterocycles. The van der Waals surface area contributed by atoms with Gasteiger partial charge >= 0.3 is 0 Å². The van der Waals surface area contributed by atoms with Crippen LogP contribution in [0.2, 0.25) is 5.02 Å². The summed E-state index contributed by atoms with van der Waals surface area (Å²) in [5.74, 6) is -0.158. The Labute approximate surface area is 162 Å². The molecule has 2 N–H and O–H groups in total. The van der Waals surface area contributed by atoms with Crippen molar-refractivity contribution in [1.82, 2.24) is 5.32 Å². The molecule has 2 aromatic rings. The standard InChI is InChI=1S/C17H12ClIN2O2S/c1-9-2-4-11(5-3-9)20-17-21-16(23)14(24-17)8-10-6-12(18)15(22)13(19)7-10/h2-8,22H,1H3,(H,20,21,23)/b14-8+. The van der Waals surface area contributed by atoms with Crippen molar-refractivity contribution in [2.24, 2.45) is 4.99 Å². The van der Waals surface area contributed by atoms with Crippen molar-refractivity contribution >= 4 is 68.8 Å². The second-order valence-electron chi connectivity index (χ2n) is 5.15. The van der Waals surface area contributed by atoms with Crippen molar-refractivity contribution in [2.45, 2.75) is 6.92 Å². The molecule has 2 aromatic carbocycles. The predicted molar refractivity (Wildman–Crippen MR) is 108 cm³/mol. The van der Waals surface area contributed by atoms with Gasteiger partial charge in [-0.25, -0.2) is 4.99 Å². The van der Waals surface area contributed by atoms with Crippen molar-refractivity contribution in [1.29, 1.82) is 0 Å². The number of nitrogens with zero attached hydrogens (tertiary/aromatic N) is 1. The molecule has 122 valence electrons. The van der Waals surface area contributed by atoms with Crippen LogP contribution >= 0.6 is 46.0 Å². The molecule has 1 saturated heterocycles. The van der Waals surface area contributed by atoms with E-state index in [0.29, 0.717) is 13.6 Å². The number of nitrogens with one attached hydrogen (secondary N) is 1. The van der Waals surface area contributed by atoms with Crippen LogP contribution in [-0.2, 0) is 4.79 Å². The lowest BCUT2D eigenvalue weighted by atomic mass is 10.2.